The van der Waals surface area contributed by atoms with Gasteiger partial charge in [0, 0.05) is 0 Å². The standard InChI is InChI=1S/C2H4O6/c3-1-5-6-2-7-8-4/h1,4H,2H2. The molecule has 6 heteroatoms. The second kappa shape index (κ2) is 6.31. The van der Waals surface area contributed by atoms with Gasteiger partial charge in [-0.2, -0.15) is 9.78 Å². The van der Waals surface area contributed by atoms with Crippen molar-refractivity contribution in [3.05, 3.63) is 0 Å². The number of carbonyl (C=O) groups is 1. The highest BCUT2D eigenvalue weighted by Crippen LogP contribution is 1.75. The van der Waals surface area contributed by atoms with Gasteiger partial charge in [0.1, 0.15) is 0 Å². The van der Waals surface area contributed by atoms with Crippen molar-refractivity contribution in [2.24, 2.45) is 0 Å². The van der Waals surface area contributed by atoms with Gasteiger partial charge in [0.25, 0.3) is 0 Å². The van der Waals surface area contributed by atoms with Crippen LogP contribution in [0.4, 0.5) is 0 Å². The maximum atomic E-state index is 9.26. The molecule has 0 saturated carbocycles. The third-order valence-electron chi connectivity index (χ3n) is 0.256. The van der Waals surface area contributed by atoms with E-state index in [9.17, 15) is 4.79 Å². The summed E-state index contributed by atoms with van der Waals surface area (Å²) in [5, 5.41) is 10.5. The fourth-order valence-corrected chi connectivity index (χ4v) is 0.0967. The molecule has 0 aromatic carbocycles. The van der Waals surface area contributed by atoms with Crippen LogP contribution in [0.15, 0.2) is 0 Å². The van der Waals surface area contributed by atoms with Gasteiger partial charge in [0.15, 0.2) is 0 Å². The first-order valence-electron chi connectivity index (χ1n) is 1.56. The Hall–Kier alpha value is -0.690. The van der Waals surface area contributed by atoms with E-state index in [-0.39, 0.29) is 6.47 Å². The first kappa shape index (κ1) is 7.31. The Morgan fingerprint density at radius 2 is 2.25 bits per heavy atom. The van der Waals surface area contributed by atoms with Crippen molar-refractivity contribution in [1.82, 2.24) is 0 Å². The Bertz CT molecular complexity index is 52.5. The lowest BCUT2D eigenvalue weighted by Crippen LogP contribution is -1.98. The molecule has 1 N–H and O–H groups in total. The fourth-order valence-electron chi connectivity index (χ4n) is 0.0967. The molecule has 0 unspecified atom stereocenters. The molecule has 0 aromatic rings. The third kappa shape index (κ3) is 5.31. The molecule has 0 saturated heterocycles. The molecule has 0 aromatic heterocycles. The Kier molecular flexibility index (Phi) is 5.77. The van der Waals surface area contributed by atoms with Crippen molar-refractivity contribution in [1.29, 1.82) is 0 Å². The van der Waals surface area contributed by atoms with Gasteiger partial charge >= 0.3 is 6.47 Å². The normalized spacial score (nSPS) is 8.62. The van der Waals surface area contributed by atoms with Crippen molar-refractivity contribution in [3.63, 3.8) is 0 Å². The fraction of sp³-hybridized carbons (Fsp3) is 0.500. The van der Waals surface area contributed by atoms with E-state index < -0.39 is 6.79 Å². The predicted octanol–water partition coefficient (Wildman–Crippen LogP) is -0.530. The van der Waals surface area contributed by atoms with Crippen LogP contribution in [0.1, 0.15) is 0 Å². The molecule has 0 atom stereocenters. The zero-order chi connectivity index (χ0) is 6.24. The Morgan fingerprint density at radius 1 is 1.50 bits per heavy atom. The summed E-state index contributed by atoms with van der Waals surface area (Å²) in [4.78, 5) is 20.4. The number of rotatable bonds is 5. The zero-order valence-corrected chi connectivity index (χ0v) is 3.77. The highest BCUT2D eigenvalue weighted by atomic mass is 17.5. The second-order valence-electron chi connectivity index (χ2n) is 0.621. The van der Waals surface area contributed by atoms with E-state index in [1.807, 2.05) is 0 Å². The molecule has 6 nitrogen and oxygen atoms in total. The molecular weight excluding hydrogens is 120 g/mol. The van der Waals surface area contributed by atoms with Crippen LogP contribution in [0.5, 0.6) is 0 Å². The summed E-state index contributed by atoms with van der Waals surface area (Å²) in [7, 11) is 0. The zero-order valence-electron chi connectivity index (χ0n) is 3.77. The summed E-state index contributed by atoms with van der Waals surface area (Å²) in [5.41, 5.74) is 0. The molecule has 0 rings (SSSR count). The highest BCUT2D eigenvalue weighted by molar-refractivity contribution is 5.35. The van der Waals surface area contributed by atoms with E-state index in [1.54, 1.807) is 0 Å². The van der Waals surface area contributed by atoms with Gasteiger partial charge in [-0.05, 0) is 0 Å². The minimum atomic E-state index is -0.477. The topological polar surface area (TPSA) is 74.2 Å². The lowest BCUT2D eigenvalue weighted by Gasteiger charge is -1.93. The van der Waals surface area contributed by atoms with Gasteiger partial charge in [0.2, 0.25) is 6.79 Å². The molecule has 0 aliphatic carbocycles. The van der Waals surface area contributed by atoms with E-state index in [2.05, 4.69) is 19.7 Å². The smallest absolute Gasteiger partial charge is 0.299 e. The second-order valence-corrected chi connectivity index (χ2v) is 0.621. The van der Waals surface area contributed by atoms with Gasteiger partial charge in [-0.1, -0.05) is 5.04 Å². The minimum absolute atomic E-state index is 0.0563. The number of hydrogen-bond acceptors (Lipinski definition) is 6. The lowest BCUT2D eigenvalue weighted by atomic mass is 11.5. The van der Waals surface area contributed by atoms with Crippen LogP contribution in [0.2, 0.25) is 0 Å². The molecule has 0 spiro atoms. The van der Waals surface area contributed by atoms with Crippen LogP contribution in [-0.4, -0.2) is 18.5 Å². The predicted molar refractivity (Wildman–Crippen MR) is 17.9 cm³/mol. The molecule has 48 valence electrons. The summed E-state index contributed by atoms with van der Waals surface area (Å²) >= 11 is 0. The summed E-state index contributed by atoms with van der Waals surface area (Å²) in [6.07, 6.45) is 0. The molecule has 0 bridgehead atoms. The van der Waals surface area contributed by atoms with Gasteiger partial charge in [-0.25, -0.2) is 5.26 Å². The average molecular weight is 124 g/mol. The molecular formula is C2H4O6. The van der Waals surface area contributed by atoms with Gasteiger partial charge < -0.3 is 0 Å². The number of carbonyl (C=O) groups excluding carboxylic acids is 1. The first-order chi connectivity index (χ1) is 3.91. The van der Waals surface area contributed by atoms with Crippen LogP contribution >= 0.6 is 0 Å². The van der Waals surface area contributed by atoms with Crippen molar-refractivity contribution >= 4 is 6.47 Å². The van der Waals surface area contributed by atoms with Gasteiger partial charge in [-0.3, -0.25) is 9.68 Å². The quantitative estimate of drug-likeness (QED) is 0.174. The molecule has 0 amide bonds. The summed E-state index contributed by atoms with van der Waals surface area (Å²) in [5.74, 6) is 0. The van der Waals surface area contributed by atoms with Crippen LogP contribution in [0.3, 0.4) is 0 Å². The Morgan fingerprint density at radius 3 is 2.75 bits per heavy atom. The lowest BCUT2D eigenvalue weighted by molar-refractivity contribution is -0.526. The van der Waals surface area contributed by atoms with E-state index in [1.165, 1.54) is 0 Å². The van der Waals surface area contributed by atoms with E-state index in [0.29, 0.717) is 0 Å². The summed E-state index contributed by atoms with van der Waals surface area (Å²) < 4.78 is 0. The molecule has 0 fully saturated rings. The highest BCUT2D eigenvalue weighted by Gasteiger charge is 1.83. The van der Waals surface area contributed by atoms with Crippen molar-refractivity contribution in [2.45, 2.75) is 0 Å². The van der Waals surface area contributed by atoms with Crippen LogP contribution in [-0.2, 0) is 24.5 Å². The van der Waals surface area contributed by atoms with Crippen molar-refractivity contribution < 1.29 is 29.8 Å². The Labute approximate surface area is 44.3 Å². The average Bonchev–Trinajstić information content (AvgIpc) is 1.81. The van der Waals surface area contributed by atoms with E-state index in [4.69, 9.17) is 5.26 Å². The maximum Gasteiger partial charge on any atom is 0.330 e. The molecule has 0 aliphatic heterocycles. The molecule has 0 radical (unpaired) electrons. The SMILES string of the molecule is O=COOCOOO. The van der Waals surface area contributed by atoms with E-state index >= 15 is 0 Å². The van der Waals surface area contributed by atoms with Crippen molar-refractivity contribution in [2.75, 3.05) is 6.79 Å². The van der Waals surface area contributed by atoms with Crippen LogP contribution in [0.25, 0.3) is 0 Å². The van der Waals surface area contributed by atoms with Crippen molar-refractivity contribution in [3.8, 4) is 0 Å². The van der Waals surface area contributed by atoms with Crippen LogP contribution in [0, 0.1) is 0 Å². The third-order valence-corrected chi connectivity index (χ3v) is 0.256. The van der Waals surface area contributed by atoms with Crippen LogP contribution < -0.4 is 0 Å². The summed E-state index contributed by atoms with van der Waals surface area (Å²) in [6, 6.07) is 0. The summed E-state index contributed by atoms with van der Waals surface area (Å²) in [6.45, 7) is -0.421. The maximum absolute atomic E-state index is 9.26. The molecule has 0 heterocycles. The Balaban J connectivity index is 2.62. The monoisotopic (exact) mass is 124 g/mol. The van der Waals surface area contributed by atoms with Gasteiger partial charge in [-0.15, -0.1) is 0 Å². The number of hydrogen-bond donors (Lipinski definition) is 1. The molecule has 0 aliphatic rings. The minimum Gasteiger partial charge on any atom is -0.299 e. The van der Waals surface area contributed by atoms with E-state index in [0.717, 1.165) is 0 Å². The van der Waals surface area contributed by atoms with Gasteiger partial charge in [0.05, 0.1) is 0 Å². The first-order valence-corrected chi connectivity index (χ1v) is 1.56. The largest absolute Gasteiger partial charge is 0.330 e. The molecule has 8 heavy (non-hydrogen) atoms.